The van der Waals surface area contributed by atoms with Crippen LogP contribution < -0.4 is 0 Å². The maximum absolute atomic E-state index is 5.54. The molecule has 22 heavy (non-hydrogen) atoms. The van der Waals surface area contributed by atoms with E-state index in [-0.39, 0.29) is 6.04 Å². The Morgan fingerprint density at radius 3 is 2.50 bits per heavy atom. The summed E-state index contributed by atoms with van der Waals surface area (Å²) in [5.74, 6) is 1.52. The van der Waals surface area contributed by atoms with Crippen LogP contribution in [0.25, 0.3) is 33.9 Å². The van der Waals surface area contributed by atoms with Crippen LogP contribution in [-0.4, -0.2) is 19.5 Å². The number of nitrogens with zero attached hydrogens (tertiary/aromatic N) is 4. The van der Waals surface area contributed by atoms with Gasteiger partial charge in [0.2, 0.25) is 0 Å². The molecule has 110 valence electrons. The minimum Gasteiger partial charge on any atom is -0.461 e. The number of hydrogen-bond acceptors (Lipinski definition) is 4. The number of para-hydroxylation sites is 2. The van der Waals surface area contributed by atoms with Crippen molar-refractivity contribution in [2.75, 3.05) is 0 Å². The Morgan fingerprint density at radius 2 is 1.82 bits per heavy atom. The van der Waals surface area contributed by atoms with Crippen LogP contribution in [0.5, 0.6) is 0 Å². The molecule has 3 heterocycles. The highest BCUT2D eigenvalue weighted by Crippen LogP contribution is 2.29. The molecule has 4 aromatic rings. The van der Waals surface area contributed by atoms with Gasteiger partial charge >= 0.3 is 0 Å². The van der Waals surface area contributed by atoms with Gasteiger partial charge in [0.1, 0.15) is 0 Å². The zero-order chi connectivity index (χ0) is 15.1. The quantitative estimate of drug-likeness (QED) is 0.567. The van der Waals surface area contributed by atoms with Gasteiger partial charge in [0.25, 0.3) is 0 Å². The minimum atomic E-state index is 0.264. The Hall–Kier alpha value is -2.69. The lowest BCUT2D eigenvalue weighted by molar-refractivity contribution is 0.525. The van der Waals surface area contributed by atoms with E-state index < -0.39 is 0 Å². The Kier molecular flexibility index (Phi) is 2.92. The SMILES string of the molecule is CC[C@@H](C)n1c(-c2ccco2)nc2nc3ccccc3nc21. The van der Waals surface area contributed by atoms with Crippen molar-refractivity contribution in [1.29, 1.82) is 0 Å². The summed E-state index contributed by atoms with van der Waals surface area (Å²) < 4.78 is 7.66. The van der Waals surface area contributed by atoms with E-state index in [1.807, 2.05) is 36.4 Å². The number of benzene rings is 1. The van der Waals surface area contributed by atoms with E-state index in [4.69, 9.17) is 9.40 Å². The molecule has 0 aliphatic rings. The van der Waals surface area contributed by atoms with Crippen LogP contribution in [-0.2, 0) is 0 Å². The summed E-state index contributed by atoms with van der Waals surface area (Å²) in [6.45, 7) is 4.31. The van der Waals surface area contributed by atoms with Crippen molar-refractivity contribution in [3.05, 3.63) is 42.7 Å². The van der Waals surface area contributed by atoms with Crippen molar-refractivity contribution in [3.8, 4) is 11.6 Å². The summed E-state index contributed by atoms with van der Waals surface area (Å²) in [5, 5.41) is 0. The fourth-order valence-corrected chi connectivity index (χ4v) is 2.65. The van der Waals surface area contributed by atoms with Crippen molar-refractivity contribution in [2.45, 2.75) is 26.3 Å². The summed E-state index contributed by atoms with van der Waals surface area (Å²) in [6.07, 6.45) is 2.64. The number of furan rings is 1. The lowest BCUT2D eigenvalue weighted by atomic mass is 10.2. The molecule has 0 saturated carbocycles. The molecule has 5 nitrogen and oxygen atoms in total. The van der Waals surface area contributed by atoms with E-state index in [1.165, 1.54) is 0 Å². The van der Waals surface area contributed by atoms with Crippen LogP contribution in [0.15, 0.2) is 47.1 Å². The predicted molar refractivity (Wildman–Crippen MR) is 85.5 cm³/mol. The Morgan fingerprint density at radius 1 is 1.05 bits per heavy atom. The molecule has 0 amide bonds. The molecule has 0 radical (unpaired) electrons. The van der Waals surface area contributed by atoms with E-state index in [9.17, 15) is 0 Å². The first-order valence-corrected chi connectivity index (χ1v) is 7.46. The van der Waals surface area contributed by atoms with E-state index in [0.717, 1.165) is 34.7 Å². The third-order valence-electron chi connectivity index (χ3n) is 3.98. The van der Waals surface area contributed by atoms with Crippen molar-refractivity contribution in [3.63, 3.8) is 0 Å². The van der Waals surface area contributed by atoms with Gasteiger partial charge < -0.3 is 8.98 Å². The normalized spacial score (nSPS) is 13.0. The second kappa shape index (κ2) is 4.94. The summed E-state index contributed by atoms with van der Waals surface area (Å²) in [7, 11) is 0. The van der Waals surface area contributed by atoms with Gasteiger partial charge in [-0.05, 0) is 37.6 Å². The third-order valence-corrected chi connectivity index (χ3v) is 3.98. The molecular formula is C17H16N4O. The van der Waals surface area contributed by atoms with Crippen LogP contribution in [0.2, 0.25) is 0 Å². The molecule has 1 atom stereocenters. The average Bonchev–Trinajstić information content (AvgIpc) is 3.19. The fraction of sp³-hybridized carbons (Fsp3) is 0.235. The van der Waals surface area contributed by atoms with Crippen LogP contribution in [0.1, 0.15) is 26.3 Å². The van der Waals surface area contributed by atoms with Crippen LogP contribution in [0.3, 0.4) is 0 Å². The number of fused-ring (bicyclic) bond motifs is 2. The number of imidazole rings is 1. The molecule has 4 rings (SSSR count). The van der Waals surface area contributed by atoms with Gasteiger partial charge in [-0.25, -0.2) is 15.0 Å². The number of rotatable bonds is 3. The molecule has 0 aliphatic carbocycles. The van der Waals surface area contributed by atoms with Crippen molar-refractivity contribution >= 4 is 22.3 Å². The van der Waals surface area contributed by atoms with Gasteiger partial charge in [0.05, 0.1) is 17.3 Å². The zero-order valence-electron chi connectivity index (χ0n) is 12.5. The molecule has 0 aliphatic heterocycles. The zero-order valence-corrected chi connectivity index (χ0v) is 12.5. The molecular weight excluding hydrogens is 276 g/mol. The average molecular weight is 292 g/mol. The largest absolute Gasteiger partial charge is 0.461 e. The highest BCUT2D eigenvalue weighted by Gasteiger charge is 2.20. The van der Waals surface area contributed by atoms with Gasteiger partial charge in [0.15, 0.2) is 22.9 Å². The summed E-state index contributed by atoms with van der Waals surface area (Å²) in [6, 6.07) is 11.9. The third kappa shape index (κ3) is 1.89. The first-order chi connectivity index (χ1) is 10.8. The number of hydrogen-bond donors (Lipinski definition) is 0. The molecule has 0 saturated heterocycles. The Labute approximate surface area is 127 Å². The monoisotopic (exact) mass is 292 g/mol. The molecule has 0 N–H and O–H groups in total. The molecule has 0 bridgehead atoms. The van der Waals surface area contributed by atoms with Crippen molar-refractivity contribution in [1.82, 2.24) is 19.5 Å². The molecule has 1 aromatic carbocycles. The maximum Gasteiger partial charge on any atom is 0.198 e. The van der Waals surface area contributed by atoms with Crippen LogP contribution in [0, 0.1) is 0 Å². The van der Waals surface area contributed by atoms with E-state index in [2.05, 4.69) is 28.4 Å². The molecule has 3 aromatic heterocycles. The molecule has 0 fully saturated rings. The topological polar surface area (TPSA) is 56.7 Å². The predicted octanol–water partition coefficient (Wildman–Crippen LogP) is 4.21. The van der Waals surface area contributed by atoms with Crippen LogP contribution in [0.4, 0.5) is 0 Å². The smallest absolute Gasteiger partial charge is 0.198 e. The van der Waals surface area contributed by atoms with Crippen LogP contribution >= 0.6 is 0 Å². The summed E-state index contributed by atoms with van der Waals surface area (Å²) >= 11 is 0. The van der Waals surface area contributed by atoms with E-state index in [0.29, 0.717) is 5.65 Å². The lowest BCUT2D eigenvalue weighted by Gasteiger charge is -2.13. The standard InChI is InChI=1S/C17H16N4O/c1-3-11(2)21-16(14-9-6-10-22-14)20-15-17(21)19-13-8-5-4-7-12(13)18-15/h4-11H,3H2,1-2H3/t11-/m1/s1. The highest BCUT2D eigenvalue weighted by atomic mass is 16.3. The van der Waals surface area contributed by atoms with Gasteiger partial charge in [-0.2, -0.15) is 0 Å². The van der Waals surface area contributed by atoms with E-state index >= 15 is 0 Å². The lowest BCUT2D eigenvalue weighted by Crippen LogP contribution is -2.06. The summed E-state index contributed by atoms with van der Waals surface area (Å²) in [5.41, 5.74) is 3.20. The fourth-order valence-electron chi connectivity index (χ4n) is 2.65. The molecule has 0 spiro atoms. The second-order valence-electron chi connectivity index (χ2n) is 5.40. The number of aromatic nitrogens is 4. The van der Waals surface area contributed by atoms with Gasteiger partial charge in [-0.3, -0.25) is 0 Å². The Balaban J connectivity index is 2.08. The van der Waals surface area contributed by atoms with Gasteiger partial charge in [-0.1, -0.05) is 19.1 Å². The first kappa shape index (κ1) is 13.0. The second-order valence-corrected chi connectivity index (χ2v) is 5.40. The Bertz CT molecular complexity index is 940. The maximum atomic E-state index is 5.54. The summed E-state index contributed by atoms with van der Waals surface area (Å²) in [4.78, 5) is 14.1. The van der Waals surface area contributed by atoms with E-state index in [1.54, 1.807) is 6.26 Å². The van der Waals surface area contributed by atoms with Gasteiger partial charge in [-0.15, -0.1) is 0 Å². The van der Waals surface area contributed by atoms with Crippen molar-refractivity contribution in [2.24, 2.45) is 0 Å². The van der Waals surface area contributed by atoms with Crippen molar-refractivity contribution < 1.29 is 4.42 Å². The highest BCUT2D eigenvalue weighted by molar-refractivity contribution is 5.84. The molecule has 0 unspecified atom stereocenters. The first-order valence-electron chi connectivity index (χ1n) is 7.46. The molecule has 5 heteroatoms. The van der Waals surface area contributed by atoms with Gasteiger partial charge in [0, 0.05) is 6.04 Å². The minimum absolute atomic E-state index is 0.264.